The Morgan fingerprint density at radius 2 is 1.75 bits per heavy atom. The van der Waals surface area contributed by atoms with Crippen LogP contribution in [0.1, 0.15) is 45.4 Å². The summed E-state index contributed by atoms with van der Waals surface area (Å²) in [6.45, 7) is 4.39. The van der Waals surface area contributed by atoms with Gasteiger partial charge in [0.05, 0.1) is 0 Å². The van der Waals surface area contributed by atoms with Gasteiger partial charge in [0, 0.05) is 12.0 Å². The van der Waals surface area contributed by atoms with Gasteiger partial charge >= 0.3 is 0 Å². The molecule has 112 valence electrons. The third-order valence-corrected chi connectivity index (χ3v) is 6.70. The third-order valence-electron chi connectivity index (χ3n) is 6.70. The Balaban J connectivity index is 1.41. The predicted octanol–water partition coefficient (Wildman–Crippen LogP) is 2.17. The Morgan fingerprint density at radius 3 is 2.30 bits per heavy atom. The second kappa shape index (κ2) is 5.01. The first-order chi connectivity index (χ1) is 9.70. The van der Waals surface area contributed by atoms with E-state index in [9.17, 15) is 4.79 Å². The molecule has 2 N–H and O–H groups in total. The number of hydrogen-bond acceptors (Lipinski definition) is 2. The summed E-state index contributed by atoms with van der Waals surface area (Å²) in [5.74, 6) is 4.70. The summed E-state index contributed by atoms with van der Waals surface area (Å²) in [5.41, 5.74) is 0. The highest BCUT2D eigenvalue weighted by atomic mass is 16.2. The van der Waals surface area contributed by atoms with Gasteiger partial charge in [-0.05, 0) is 88.1 Å². The monoisotopic (exact) mass is 276 g/mol. The van der Waals surface area contributed by atoms with Gasteiger partial charge in [-0.2, -0.15) is 0 Å². The molecule has 4 saturated carbocycles. The number of carbonyl (C=O) groups excluding carboxylic acids is 1. The van der Waals surface area contributed by atoms with Crippen LogP contribution in [0.25, 0.3) is 0 Å². The summed E-state index contributed by atoms with van der Waals surface area (Å²) in [4.78, 5) is 12.8. The van der Waals surface area contributed by atoms with Crippen LogP contribution in [0.15, 0.2) is 0 Å². The van der Waals surface area contributed by atoms with Crippen molar-refractivity contribution in [2.24, 2.45) is 35.5 Å². The van der Waals surface area contributed by atoms with Crippen molar-refractivity contribution in [3.63, 3.8) is 0 Å². The van der Waals surface area contributed by atoms with Crippen LogP contribution in [0.2, 0.25) is 0 Å². The maximum atomic E-state index is 12.8. The van der Waals surface area contributed by atoms with Crippen LogP contribution in [0.5, 0.6) is 0 Å². The van der Waals surface area contributed by atoms with Crippen molar-refractivity contribution in [2.75, 3.05) is 13.1 Å². The first-order valence-corrected chi connectivity index (χ1v) is 8.71. The zero-order chi connectivity index (χ0) is 13.7. The molecule has 2 unspecified atom stereocenters. The lowest BCUT2D eigenvalue weighted by molar-refractivity contribution is -0.139. The maximum absolute atomic E-state index is 12.8. The van der Waals surface area contributed by atoms with Crippen molar-refractivity contribution in [3.8, 4) is 0 Å². The molecule has 1 heterocycles. The van der Waals surface area contributed by atoms with Crippen LogP contribution < -0.4 is 10.6 Å². The molecular formula is C17H28N2O. The van der Waals surface area contributed by atoms with Gasteiger partial charge in [0.1, 0.15) is 0 Å². The Kier molecular flexibility index (Phi) is 3.29. The van der Waals surface area contributed by atoms with Crippen molar-refractivity contribution in [1.82, 2.24) is 10.6 Å². The minimum atomic E-state index is 0.342. The Hall–Kier alpha value is -0.570. The molecule has 5 rings (SSSR count). The Bertz CT molecular complexity index is 360. The summed E-state index contributed by atoms with van der Waals surface area (Å²) in [6, 6.07) is 0.342. The molecule has 3 heteroatoms. The molecule has 1 saturated heterocycles. The first-order valence-electron chi connectivity index (χ1n) is 8.71. The van der Waals surface area contributed by atoms with Gasteiger partial charge in [0.15, 0.2) is 0 Å². The molecule has 20 heavy (non-hydrogen) atoms. The fourth-order valence-corrected chi connectivity index (χ4v) is 5.90. The summed E-state index contributed by atoms with van der Waals surface area (Å²) in [5, 5.41) is 6.78. The summed E-state index contributed by atoms with van der Waals surface area (Å²) < 4.78 is 0. The second-order valence-electron chi connectivity index (χ2n) is 8.01. The standard InChI is InChI=1S/C17H28N2O/c1-10(13-2-3-18-9-13)19-17(20)16-14-5-11-4-12(7-14)8-15(16)6-11/h10-16,18H,2-9H2,1H3,(H,19,20). The van der Waals surface area contributed by atoms with Gasteiger partial charge in [0.2, 0.25) is 5.91 Å². The molecule has 0 spiro atoms. The fraction of sp³-hybridized carbons (Fsp3) is 0.941. The summed E-state index contributed by atoms with van der Waals surface area (Å²) in [7, 11) is 0. The molecule has 1 amide bonds. The minimum absolute atomic E-state index is 0.342. The zero-order valence-corrected chi connectivity index (χ0v) is 12.6. The highest BCUT2D eigenvalue weighted by Crippen LogP contribution is 2.56. The van der Waals surface area contributed by atoms with Gasteiger partial charge in [-0.1, -0.05) is 0 Å². The van der Waals surface area contributed by atoms with E-state index in [0.29, 0.717) is 35.6 Å². The number of hydrogen-bond donors (Lipinski definition) is 2. The van der Waals surface area contributed by atoms with Crippen LogP contribution in [0, 0.1) is 35.5 Å². The molecule has 0 aromatic carbocycles. The normalized spacial score (nSPS) is 47.5. The number of carbonyl (C=O) groups is 1. The van der Waals surface area contributed by atoms with E-state index >= 15 is 0 Å². The highest BCUT2D eigenvalue weighted by Gasteiger charge is 2.50. The quantitative estimate of drug-likeness (QED) is 0.829. The molecule has 5 aliphatic rings. The second-order valence-corrected chi connectivity index (χ2v) is 8.01. The molecular weight excluding hydrogens is 248 g/mol. The van der Waals surface area contributed by atoms with Crippen LogP contribution in [0.3, 0.4) is 0 Å². The van der Waals surface area contributed by atoms with Crippen molar-refractivity contribution >= 4 is 5.91 Å². The van der Waals surface area contributed by atoms with E-state index in [1.165, 1.54) is 38.5 Å². The molecule has 2 atom stereocenters. The number of nitrogens with one attached hydrogen (secondary N) is 2. The number of rotatable bonds is 3. The molecule has 1 aliphatic heterocycles. The van der Waals surface area contributed by atoms with E-state index in [0.717, 1.165) is 24.9 Å². The number of amides is 1. The Labute approximate surface area is 122 Å². The summed E-state index contributed by atoms with van der Waals surface area (Å²) in [6.07, 6.45) is 8.03. The lowest BCUT2D eigenvalue weighted by atomic mass is 9.51. The highest BCUT2D eigenvalue weighted by molar-refractivity contribution is 5.80. The van der Waals surface area contributed by atoms with Crippen LogP contribution in [0.4, 0.5) is 0 Å². The summed E-state index contributed by atoms with van der Waals surface area (Å²) >= 11 is 0. The van der Waals surface area contributed by atoms with E-state index < -0.39 is 0 Å². The van der Waals surface area contributed by atoms with Crippen molar-refractivity contribution < 1.29 is 4.79 Å². The van der Waals surface area contributed by atoms with Crippen molar-refractivity contribution in [1.29, 1.82) is 0 Å². The van der Waals surface area contributed by atoms with Gasteiger partial charge in [-0.3, -0.25) is 4.79 Å². The average molecular weight is 276 g/mol. The van der Waals surface area contributed by atoms with Crippen molar-refractivity contribution in [3.05, 3.63) is 0 Å². The lowest BCUT2D eigenvalue weighted by Crippen LogP contribution is -2.53. The molecule has 4 bridgehead atoms. The molecule has 0 radical (unpaired) electrons. The first kappa shape index (κ1) is 13.1. The minimum Gasteiger partial charge on any atom is -0.353 e. The van der Waals surface area contributed by atoms with Crippen LogP contribution >= 0.6 is 0 Å². The van der Waals surface area contributed by atoms with Gasteiger partial charge in [-0.15, -0.1) is 0 Å². The third kappa shape index (κ3) is 2.18. The van der Waals surface area contributed by atoms with E-state index in [2.05, 4.69) is 17.6 Å². The SMILES string of the molecule is CC(NC(=O)C1C2CC3CC(C2)CC1C3)C1CCNC1. The predicted molar refractivity (Wildman–Crippen MR) is 79.1 cm³/mol. The maximum Gasteiger partial charge on any atom is 0.223 e. The largest absolute Gasteiger partial charge is 0.353 e. The van der Waals surface area contributed by atoms with E-state index in [-0.39, 0.29) is 0 Å². The van der Waals surface area contributed by atoms with E-state index in [4.69, 9.17) is 0 Å². The van der Waals surface area contributed by atoms with E-state index in [1.807, 2.05) is 0 Å². The molecule has 5 fully saturated rings. The smallest absolute Gasteiger partial charge is 0.223 e. The fourth-order valence-electron chi connectivity index (χ4n) is 5.90. The zero-order valence-electron chi connectivity index (χ0n) is 12.6. The van der Waals surface area contributed by atoms with Gasteiger partial charge < -0.3 is 10.6 Å². The molecule has 0 aromatic rings. The van der Waals surface area contributed by atoms with E-state index in [1.54, 1.807) is 0 Å². The topological polar surface area (TPSA) is 41.1 Å². The van der Waals surface area contributed by atoms with Gasteiger partial charge in [-0.25, -0.2) is 0 Å². The molecule has 3 nitrogen and oxygen atoms in total. The lowest BCUT2D eigenvalue weighted by Gasteiger charge is -2.53. The van der Waals surface area contributed by atoms with Gasteiger partial charge in [0.25, 0.3) is 0 Å². The molecule has 4 aliphatic carbocycles. The van der Waals surface area contributed by atoms with Crippen LogP contribution in [-0.2, 0) is 4.79 Å². The molecule has 0 aromatic heterocycles. The van der Waals surface area contributed by atoms with Crippen LogP contribution in [-0.4, -0.2) is 25.0 Å². The average Bonchev–Trinajstić information content (AvgIpc) is 2.91. The van der Waals surface area contributed by atoms with Crippen molar-refractivity contribution in [2.45, 2.75) is 51.5 Å². The Morgan fingerprint density at radius 1 is 1.10 bits per heavy atom.